The Hall–Kier alpha value is -0.850. The van der Waals surface area contributed by atoms with Crippen molar-refractivity contribution in [2.45, 2.75) is 32.2 Å². The molecule has 6 heteroatoms. The first-order chi connectivity index (χ1) is 9.97. The van der Waals surface area contributed by atoms with Gasteiger partial charge >= 0.3 is 0 Å². The van der Waals surface area contributed by atoms with Crippen LogP contribution in [0, 0.1) is 6.92 Å². The SMILES string of the molecule is COc1ccc(C)c(C(=O)NC2(C)CCN(SS)CC2)c1. The molecule has 1 amide bonds. The molecule has 0 radical (unpaired) electrons. The van der Waals surface area contributed by atoms with Gasteiger partial charge in [0.05, 0.1) is 7.11 Å². The van der Waals surface area contributed by atoms with Crippen molar-refractivity contribution in [3.63, 3.8) is 0 Å². The van der Waals surface area contributed by atoms with Crippen LogP contribution in [0.25, 0.3) is 0 Å². The van der Waals surface area contributed by atoms with Crippen LogP contribution < -0.4 is 10.1 Å². The molecule has 1 N–H and O–H groups in total. The Morgan fingerprint density at radius 1 is 1.43 bits per heavy atom. The molecule has 0 aromatic heterocycles. The quantitative estimate of drug-likeness (QED) is 0.507. The van der Waals surface area contributed by atoms with E-state index in [9.17, 15) is 4.79 Å². The number of nitrogens with one attached hydrogen (secondary N) is 1. The Morgan fingerprint density at radius 3 is 2.67 bits per heavy atom. The van der Waals surface area contributed by atoms with E-state index in [0.29, 0.717) is 11.3 Å². The third-order valence-electron chi connectivity index (χ3n) is 4.05. The predicted octanol–water partition coefficient (Wildman–Crippen LogP) is 3.08. The van der Waals surface area contributed by atoms with Gasteiger partial charge in [-0.25, -0.2) is 4.31 Å². The van der Waals surface area contributed by atoms with Crippen LogP contribution in [0.4, 0.5) is 0 Å². The molecule has 1 heterocycles. The first kappa shape index (κ1) is 16.5. The lowest BCUT2D eigenvalue weighted by molar-refractivity contribution is 0.0873. The van der Waals surface area contributed by atoms with Gasteiger partial charge in [0.2, 0.25) is 0 Å². The van der Waals surface area contributed by atoms with Gasteiger partial charge in [-0.15, -0.1) is 0 Å². The Labute approximate surface area is 135 Å². The van der Waals surface area contributed by atoms with Gasteiger partial charge in [-0.1, -0.05) is 17.7 Å². The van der Waals surface area contributed by atoms with Crippen molar-refractivity contribution < 1.29 is 9.53 Å². The standard InChI is InChI=1S/C15H22N2O2S2/c1-11-4-5-12(19-3)10-13(11)14(18)16-15(2)6-8-17(21-20)9-7-15/h4-5,10,20H,6-9H2,1-3H3,(H,16,18). The van der Waals surface area contributed by atoms with Crippen LogP contribution in [0.5, 0.6) is 5.75 Å². The van der Waals surface area contributed by atoms with Gasteiger partial charge in [0.15, 0.2) is 0 Å². The van der Waals surface area contributed by atoms with Gasteiger partial charge in [-0.2, -0.15) is 0 Å². The van der Waals surface area contributed by atoms with E-state index in [4.69, 9.17) is 4.74 Å². The number of piperidine rings is 1. The van der Waals surface area contributed by atoms with Crippen LogP contribution in [-0.2, 0) is 0 Å². The lowest BCUT2D eigenvalue weighted by Crippen LogP contribution is -2.52. The summed E-state index contributed by atoms with van der Waals surface area (Å²) in [6, 6.07) is 5.58. The number of benzene rings is 1. The lowest BCUT2D eigenvalue weighted by Gasteiger charge is -2.38. The average molecular weight is 326 g/mol. The van der Waals surface area contributed by atoms with Crippen molar-refractivity contribution in [1.29, 1.82) is 0 Å². The van der Waals surface area contributed by atoms with Crippen LogP contribution in [0.15, 0.2) is 18.2 Å². The van der Waals surface area contributed by atoms with E-state index >= 15 is 0 Å². The summed E-state index contributed by atoms with van der Waals surface area (Å²) in [7, 11) is 3.08. The first-order valence-electron chi connectivity index (χ1n) is 7.01. The second-order valence-electron chi connectivity index (χ2n) is 5.71. The van der Waals surface area contributed by atoms with E-state index in [1.165, 1.54) is 11.0 Å². The Kier molecular flexibility index (Phi) is 5.46. The van der Waals surface area contributed by atoms with Crippen LogP contribution in [0.1, 0.15) is 35.7 Å². The molecule has 4 nitrogen and oxygen atoms in total. The fraction of sp³-hybridized carbons (Fsp3) is 0.533. The summed E-state index contributed by atoms with van der Waals surface area (Å²) in [5.74, 6) is 0.679. The van der Waals surface area contributed by atoms with E-state index in [2.05, 4.69) is 28.2 Å². The molecule has 1 aliphatic rings. The maximum Gasteiger partial charge on any atom is 0.252 e. The minimum absolute atomic E-state index is 0.0270. The third-order valence-corrected chi connectivity index (χ3v) is 5.34. The molecule has 0 atom stereocenters. The lowest BCUT2D eigenvalue weighted by atomic mass is 9.90. The van der Waals surface area contributed by atoms with Crippen LogP contribution in [0.2, 0.25) is 0 Å². The fourth-order valence-electron chi connectivity index (χ4n) is 2.50. The second kappa shape index (κ2) is 6.94. The van der Waals surface area contributed by atoms with E-state index in [1.807, 2.05) is 19.1 Å². The zero-order chi connectivity index (χ0) is 15.5. The van der Waals surface area contributed by atoms with Gasteiger partial charge in [0, 0.05) is 24.2 Å². The van der Waals surface area contributed by atoms with Gasteiger partial charge in [-0.05, 0) is 55.4 Å². The molecule has 1 aromatic carbocycles. The molecule has 2 rings (SSSR count). The maximum atomic E-state index is 12.6. The molecule has 1 aliphatic heterocycles. The number of thiol groups is 1. The smallest absolute Gasteiger partial charge is 0.252 e. The van der Waals surface area contributed by atoms with Crippen molar-refractivity contribution in [1.82, 2.24) is 9.62 Å². The molecule has 0 aliphatic carbocycles. The average Bonchev–Trinajstić information content (AvgIpc) is 2.48. The van der Waals surface area contributed by atoms with Crippen LogP contribution in [-0.4, -0.2) is 36.0 Å². The molecule has 116 valence electrons. The summed E-state index contributed by atoms with van der Waals surface area (Å²) >= 11 is 4.22. The summed E-state index contributed by atoms with van der Waals surface area (Å²) in [4.78, 5) is 12.6. The van der Waals surface area contributed by atoms with Crippen molar-refractivity contribution in [2.75, 3.05) is 20.2 Å². The number of carbonyl (C=O) groups is 1. The number of ether oxygens (including phenoxy) is 1. The summed E-state index contributed by atoms with van der Waals surface area (Å²) in [6.45, 7) is 5.92. The van der Waals surface area contributed by atoms with Gasteiger partial charge < -0.3 is 10.1 Å². The molecular weight excluding hydrogens is 304 g/mol. The largest absolute Gasteiger partial charge is 0.497 e. The number of amides is 1. The predicted molar refractivity (Wildman–Crippen MR) is 91.0 cm³/mol. The van der Waals surface area contributed by atoms with Crippen molar-refractivity contribution >= 4 is 28.5 Å². The molecule has 0 saturated carbocycles. The van der Waals surface area contributed by atoms with E-state index in [0.717, 1.165) is 31.5 Å². The van der Waals surface area contributed by atoms with Crippen molar-refractivity contribution in [3.8, 4) is 5.75 Å². The number of methoxy groups -OCH3 is 1. The summed E-state index contributed by atoms with van der Waals surface area (Å²) in [5.41, 5.74) is 1.48. The summed E-state index contributed by atoms with van der Waals surface area (Å²) in [6.07, 6.45) is 1.85. The number of carbonyl (C=O) groups excluding carboxylic acids is 1. The molecule has 0 unspecified atom stereocenters. The zero-order valence-corrected chi connectivity index (χ0v) is 14.4. The normalized spacial score (nSPS) is 18.3. The number of nitrogens with zero attached hydrogens (tertiary/aromatic N) is 1. The summed E-state index contributed by atoms with van der Waals surface area (Å²) < 4.78 is 7.41. The highest BCUT2D eigenvalue weighted by Gasteiger charge is 2.32. The molecule has 1 fully saturated rings. The molecular formula is C15H22N2O2S2. The molecule has 1 saturated heterocycles. The molecule has 1 aromatic rings. The monoisotopic (exact) mass is 326 g/mol. The Morgan fingerprint density at radius 2 is 2.10 bits per heavy atom. The molecule has 0 bridgehead atoms. The topological polar surface area (TPSA) is 41.6 Å². The van der Waals surface area contributed by atoms with E-state index < -0.39 is 0 Å². The summed E-state index contributed by atoms with van der Waals surface area (Å²) in [5, 5.41) is 3.19. The minimum atomic E-state index is -0.160. The highest BCUT2D eigenvalue weighted by Crippen LogP contribution is 2.28. The van der Waals surface area contributed by atoms with Gasteiger partial charge in [0.25, 0.3) is 5.91 Å². The second-order valence-corrected chi connectivity index (χ2v) is 6.88. The van der Waals surface area contributed by atoms with Gasteiger partial charge in [0.1, 0.15) is 5.75 Å². The van der Waals surface area contributed by atoms with Gasteiger partial charge in [-0.3, -0.25) is 4.79 Å². The Bertz CT molecular complexity index is 514. The molecule has 0 spiro atoms. The van der Waals surface area contributed by atoms with E-state index in [1.54, 1.807) is 13.2 Å². The Balaban J connectivity index is 2.07. The van der Waals surface area contributed by atoms with E-state index in [-0.39, 0.29) is 11.4 Å². The minimum Gasteiger partial charge on any atom is -0.497 e. The molecule has 21 heavy (non-hydrogen) atoms. The highest BCUT2D eigenvalue weighted by atomic mass is 33.1. The fourth-order valence-corrected chi connectivity index (χ4v) is 3.34. The highest BCUT2D eigenvalue weighted by molar-refractivity contribution is 8.67. The first-order valence-corrected chi connectivity index (χ1v) is 8.83. The maximum absolute atomic E-state index is 12.6. The number of rotatable bonds is 4. The van der Waals surface area contributed by atoms with Crippen molar-refractivity contribution in [3.05, 3.63) is 29.3 Å². The number of hydrogen-bond donors (Lipinski definition) is 2. The number of aryl methyl sites for hydroxylation is 1. The van der Waals surface area contributed by atoms with Crippen molar-refractivity contribution in [2.24, 2.45) is 0 Å². The third kappa shape index (κ3) is 4.08. The van der Waals surface area contributed by atoms with Crippen LogP contribution in [0.3, 0.4) is 0 Å². The zero-order valence-electron chi connectivity index (χ0n) is 12.7. The van der Waals surface area contributed by atoms with Crippen LogP contribution >= 0.6 is 22.6 Å². The number of hydrogen-bond acceptors (Lipinski definition) is 5.